The average Bonchev–Trinajstić information content (AvgIpc) is 2.64. The lowest BCUT2D eigenvalue weighted by atomic mass is 10.0. The molecule has 1 N–H and O–H groups in total. The number of hydrogen-bond acceptors (Lipinski definition) is 5. The lowest BCUT2D eigenvalue weighted by Crippen LogP contribution is -2.41. The largest absolute Gasteiger partial charge is 0.348 e. The normalized spacial score (nSPS) is 12.3. The Morgan fingerprint density at radius 1 is 1.17 bits per heavy atom. The Bertz CT molecular complexity index is 1000. The maximum absolute atomic E-state index is 12.7. The van der Waals surface area contributed by atoms with E-state index in [-0.39, 0.29) is 17.4 Å². The quantitative estimate of drug-likeness (QED) is 0.522. The van der Waals surface area contributed by atoms with Crippen LogP contribution in [0.3, 0.4) is 0 Å². The number of sulfonamides is 1. The molecule has 0 saturated heterocycles. The van der Waals surface area contributed by atoms with Gasteiger partial charge in [0.25, 0.3) is 5.69 Å². The number of anilines is 1. The summed E-state index contributed by atoms with van der Waals surface area (Å²) in [6.07, 6.45) is 1.60. The molecule has 0 aliphatic carbocycles. The zero-order valence-corrected chi connectivity index (χ0v) is 17.7. The molecule has 2 rings (SSSR count). The Labute approximate surface area is 170 Å². The zero-order valence-electron chi connectivity index (χ0n) is 16.9. The highest BCUT2D eigenvalue weighted by molar-refractivity contribution is 7.92. The lowest BCUT2D eigenvalue weighted by molar-refractivity contribution is -0.384. The van der Waals surface area contributed by atoms with Gasteiger partial charge in [0.15, 0.2) is 0 Å². The second-order valence-corrected chi connectivity index (χ2v) is 8.84. The topological polar surface area (TPSA) is 110 Å². The molecule has 0 heterocycles. The first-order valence-corrected chi connectivity index (χ1v) is 11.0. The van der Waals surface area contributed by atoms with Gasteiger partial charge in [-0.05, 0) is 31.4 Å². The molecule has 0 aromatic heterocycles. The van der Waals surface area contributed by atoms with Crippen LogP contribution in [0, 0.1) is 24.0 Å². The van der Waals surface area contributed by atoms with E-state index in [1.54, 1.807) is 6.92 Å². The van der Waals surface area contributed by atoms with Crippen molar-refractivity contribution in [3.63, 3.8) is 0 Å². The number of amides is 1. The monoisotopic (exact) mass is 419 g/mol. The van der Waals surface area contributed by atoms with E-state index in [0.717, 1.165) is 21.7 Å². The first kappa shape index (κ1) is 22.4. The minimum absolute atomic E-state index is 0.111. The maximum Gasteiger partial charge on any atom is 0.271 e. The van der Waals surface area contributed by atoms with E-state index < -0.39 is 27.4 Å². The fourth-order valence-electron chi connectivity index (χ4n) is 2.95. The molecular formula is C20H25N3O5S. The van der Waals surface area contributed by atoms with Crippen LogP contribution in [0.2, 0.25) is 0 Å². The van der Waals surface area contributed by atoms with Crippen LogP contribution in [0.15, 0.2) is 42.5 Å². The van der Waals surface area contributed by atoms with Gasteiger partial charge in [-0.2, -0.15) is 0 Å². The molecule has 2 aromatic rings. The van der Waals surface area contributed by atoms with Crippen molar-refractivity contribution in [1.82, 2.24) is 5.32 Å². The Morgan fingerprint density at radius 3 is 2.31 bits per heavy atom. The Morgan fingerprint density at radius 2 is 1.79 bits per heavy atom. The molecule has 2 aromatic carbocycles. The molecule has 0 saturated carbocycles. The highest BCUT2D eigenvalue weighted by atomic mass is 32.2. The number of aryl methyl sites for hydroxylation is 2. The molecule has 0 aliphatic heterocycles. The molecule has 8 nitrogen and oxygen atoms in total. The molecule has 0 fully saturated rings. The molecule has 1 atom stereocenters. The first-order chi connectivity index (χ1) is 13.5. The van der Waals surface area contributed by atoms with Gasteiger partial charge in [0.1, 0.15) is 6.54 Å². The number of nitrogens with zero attached hydrogens (tertiary/aromatic N) is 2. The van der Waals surface area contributed by atoms with Gasteiger partial charge in [0.2, 0.25) is 15.9 Å². The molecule has 156 valence electrons. The molecule has 1 unspecified atom stereocenters. The van der Waals surface area contributed by atoms with Gasteiger partial charge in [-0.3, -0.25) is 19.2 Å². The number of nitrogens with one attached hydrogen (secondary N) is 1. The van der Waals surface area contributed by atoms with E-state index in [2.05, 4.69) is 5.32 Å². The van der Waals surface area contributed by atoms with E-state index >= 15 is 0 Å². The van der Waals surface area contributed by atoms with Crippen molar-refractivity contribution >= 4 is 27.3 Å². The van der Waals surface area contributed by atoms with Crippen molar-refractivity contribution in [2.24, 2.45) is 0 Å². The predicted octanol–water partition coefficient (Wildman–Crippen LogP) is 3.25. The van der Waals surface area contributed by atoms with Crippen LogP contribution in [0.25, 0.3) is 0 Å². The smallest absolute Gasteiger partial charge is 0.271 e. The van der Waals surface area contributed by atoms with Gasteiger partial charge in [0.05, 0.1) is 22.9 Å². The SMILES string of the molecule is CCC(NC(=O)CN(c1cc([N+](=O)[O-])ccc1C)S(C)(=O)=O)c1ccc(C)cc1. The molecule has 0 radical (unpaired) electrons. The summed E-state index contributed by atoms with van der Waals surface area (Å²) in [5.41, 5.74) is 2.40. The Hall–Kier alpha value is -2.94. The maximum atomic E-state index is 12.7. The van der Waals surface area contributed by atoms with Gasteiger partial charge in [-0.15, -0.1) is 0 Å². The fraction of sp³-hybridized carbons (Fsp3) is 0.350. The van der Waals surface area contributed by atoms with Gasteiger partial charge >= 0.3 is 0 Å². The van der Waals surface area contributed by atoms with E-state index in [1.165, 1.54) is 18.2 Å². The number of nitro benzene ring substituents is 1. The van der Waals surface area contributed by atoms with Crippen LogP contribution >= 0.6 is 0 Å². The number of non-ortho nitro benzene ring substituents is 1. The van der Waals surface area contributed by atoms with Crippen molar-refractivity contribution < 1.29 is 18.1 Å². The fourth-order valence-corrected chi connectivity index (χ4v) is 3.86. The molecule has 1 amide bonds. The Balaban J connectivity index is 2.29. The third kappa shape index (κ3) is 5.77. The van der Waals surface area contributed by atoms with E-state index in [9.17, 15) is 23.3 Å². The molecule has 0 bridgehead atoms. The van der Waals surface area contributed by atoms with Crippen LogP contribution in [-0.4, -0.2) is 32.0 Å². The minimum atomic E-state index is -3.84. The van der Waals surface area contributed by atoms with Crippen molar-refractivity contribution in [1.29, 1.82) is 0 Å². The summed E-state index contributed by atoms with van der Waals surface area (Å²) in [4.78, 5) is 23.1. The van der Waals surface area contributed by atoms with Gasteiger partial charge in [-0.1, -0.05) is 42.8 Å². The number of carbonyl (C=O) groups excluding carboxylic acids is 1. The van der Waals surface area contributed by atoms with Crippen LogP contribution in [0.5, 0.6) is 0 Å². The molecule has 9 heteroatoms. The number of carbonyl (C=O) groups is 1. The van der Waals surface area contributed by atoms with Gasteiger partial charge in [0, 0.05) is 12.1 Å². The third-order valence-electron chi connectivity index (χ3n) is 4.58. The van der Waals surface area contributed by atoms with Gasteiger partial charge < -0.3 is 5.32 Å². The highest BCUT2D eigenvalue weighted by Gasteiger charge is 2.25. The lowest BCUT2D eigenvalue weighted by Gasteiger charge is -2.25. The zero-order chi connectivity index (χ0) is 21.8. The number of nitro groups is 1. The van der Waals surface area contributed by atoms with Crippen LogP contribution in [0.4, 0.5) is 11.4 Å². The minimum Gasteiger partial charge on any atom is -0.348 e. The summed E-state index contributed by atoms with van der Waals surface area (Å²) in [6, 6.07) is 11.4. The second-order valence-electron chi connectivity index (χ2n) is 6.94. The molecule has 29 heavy (non-hydrogen) atoms. The van der Waals surface area contributed by atoms with Crippen LogP contribution in [0.1, 0.15) is 36.1 Å². The highest BCUT2D eigenvalue weighted by Crippen LogP contribution is 2.27. The molecule has 0 spiro atoms. The van der Waals surface area contributed by atoms with E-state index in [4.69, 9.17) is 0 Å². The predicted molar refractivity (Wildman–Crippen MR) is 112 cm³/mol. The molecule has 0 aliphatic rings. The van der Waals surface area contributed by atoms with Crippen molar-refractivity contribution in [2.45, 2.75) is 33.2 Å². The number of benzene rings is 2. The van der Waals surface area contributed by atoms with Crippen LogP contribution < -0.4 is 9.62 Å². The van der Waals surface area contributed by atoms with Crippen LogP contribution in [-0.2, 0) is 14.8 Å². The summed E-state index contributed by atoms with van der Waals surface area (Å²) >= 11 is 0. The summed E-state index contributed by atoms with van der Waals surface area (Å²) in [7, 11) is -3.84. The van der Waals surface area contributed by atoms with E-state index in [1.807, 2.05) is 38.1 Å². The van der Waals surface area contributed by atoms with Crippen molar-refractivity contribution in [2.75, 3.05) is 17.1 Å². The summed E-state index contributed by atoms with van der Waals surface area (Å²) in [5, 5.41) is 13.9. The number of hydrogen-bond donors (Lipinski definition) is 1. The standard InChI is InChI=1S/C20H25N3O5S/c1-5-18(16-9-6-14(2)7-10-16)21-20(24)13-22(29(4,27)28)19-12-17(23(25)26)11-8-15(19)3/h6-12,18H,5,13H2,1-4H3,(H,21,24). The van der Waals surface area contributed by atoms with Crippen molar-refractivity contribution in [3.8, 4) is 0 Å². The second kappa shape index (κ2) is 9.04. The third-order valence-corrected chi connectivity index (χ3v) is 5.71. The summed E-state index contributed by atoms with van der Waals surface area (Å²) in [6.45, 7) is 5.05. The first-order valence-electron chi connectivity index (χ1n) is 9.11. The molecular weight excluding hydrogens is 394 g/mol. The summed E-state index contributed by atoms with van der Waals surface area (Å²) in [5.74, 6) is -0.492. The number of rotatable bonds is 8. The Kier molecular flexibility index (Phi) is 6.97. The summed E-state index contributed by atoms with van der Waals surface area (Å²) < 4.78 is 25.6. The average molecular weight is 420 g/mol. The van der Waals surface area contributed by atoms with E-state index in [0.29, 0.717) is 12.0 Å². The van der Waals surface area contributed by atoms with Gasteiger partial charge in [-0.25, -0.2) is 8.42 Å². The van der Waals surface area contributed by atoms with Crippen molar-refractivity contribution in [3.05, 3.63) is 69.3 Å².